The molecule has 1 aromatic carbocycles. The van der Waals surface area contributed by atoms with Crippen LogP contribution in [0.2, 0.25) is 5.02 Å². The Morgan fingerprint density at radius 1 is 1.10 bits per heavy atom. The Bertz CT molecular complexity index is 961. The third-order valence-electron chi connectivity index (χ3n) is 8.25. The van der Waals surface area contributed by atoms with Crippen LogP contribution < -0.4 is 14.2 Å². The highest BCUT2D eigenvalue weighted by Gasteiger charge is 2.61. The van der Waals surface area contributed by atoms with Crippen molar-refractivity contribution in [2.24, 2.45) is 16.7 Å². The Labute approximate surface area is 183 Å². The molecule has 0 saturated heterocycles. The number of halogens is 1. The Kier molecular flexibility index (Phi) is 4.67. The van der Waals surface area contributed by atoms with Crippen LogP contribution in [0.4, 0.5) is 0 Å². The van der Waals surface area contributed by atoms with Crippen molar-refractivity contribution in [2.75, 3.05) is 14.2 Å². The summed E-state index contributed by atoms with van der Waals surface area (Å²) in [6.07, 6.45) is 1.21. The van der Waals surface area contributed by atoms with Gasteiger partial charge in [-0.15, -0.1) is 0 Å². The Hall–Kier alpha value is -1.88. The average Bonchev–Trinajstić information content (AvgIpc) is 2.98. The summed E-state index contributed by atoms with van der Waals surface area (Å²) in [6.45, 7) is 13.1. The summed E-state index contributed by atoms with van der Waals surface area (Å²) >= 11 is 6.56. The van der Waals surface area contributed by atoms with Crippen molar-refractivity contribution in [3.05, 3.63) is 28.0 Å². The number of carbonyl (C=O) groups is 1. The van der Waals surface area contributed by atoms with Crippen LogP contribution in [0.25, 0.3) is 0 Å². The highest BCUT2D eigenvalue weighted by atomic mass is 35.5. The summed E-state index contributed by atoms with van der Waals surface area (Å²) in [5.74, 6) is 2.06. The van der Waals surface area contributed by atoms with Gasteiger partial charge in [-0.05, 0) is 17.9 Å². The summed E-state index contributed by atoms with van der Waals surface area (Å²) in [5, 5.41) is 0.304. The molecule has 1 spiro atoms. The van der Waals surface area contributed by atoms with Gasteiger partial charge in [0, 0.05) is 30.2 Å². The van der Waals surface area contributed by atoms with Crippen LogP contribution >= 0.6 is 11.6 Å². The zero-order valence-electron chi connectivity index (χ0n) is 19.1. The summed E-state index contributed by atoms with van der Waals surface area (Å²) in [5.41, 5.74) is 0.285. The first-order chi connectivity index (χ1) is 13.9. The molecular formula is C24H31ClO5. The molecule has 1 unspecified atom stereocenters. The molecule has 0 amide bonds. The molecule has 3 atom stereocenters. The van der Waals surface area contributed by atoms with E-state index in [0.717, 1.165) is 11.3 Å². The predicted molar refractivity (Wildman–Crippen MR) is 116 cm³/mol. The highest BCUT2D eigenvalue weighted by Crippen LogP contribution is 2.61. The number of ether oxygens (including phenoxy) is 4. The van der Waals surface area contributed by atoms with Crippen LogP contribution in [-0.2, 0) is 4.74 Å². The van der Waals surface area contributed by atoms with Crippen LogP contribution in [0.3, 0.4) is 0 Å². The molecule has 0 radical (unpaired) electrons. The van der Waals surface area contributed by atoms with Gasteiger partial charge in [-0.1, -0.05) is 46.2 Å². The molecule has 0 fully saturated rings. The van der Waals surface area contributed by atoms with Gasteiger partial charge in [-0.3, -0.25) is 4.79 Å². The molecule has 2 heterocycles. The number of hydrogen-bond donors (Lipinski definition) is 0. The van der Waals surface area contributed by atoms with E-state index in [4.69, 9.17) is 30.5 Å². The topological polar surface area (TPSA) is 54.0 Å². The molecule has 0 bridgehead atoms. The fraction of sp³-hybridized carbons (Fsp3) is 0.625. The average molecular weight is 435 g/mol. The van der Waals surface area contributed by atoms with Gasteiger partial charge in [0.05, 0.1) is 20.0 Å². The third-order valence-corrected chi connectivity index (χ3v) is 8.61. The number of benzene rings is 1. The van der Waals surface area contributed by atoms with E-state index in [9.17, 15) is 4.79 Å². The van der Waals surface area contributed by atoms with Crippen molar-refractivity contribution in [1.29, 1.82) is 0 Å². The van der Waals surface area contributed by atoms with E-state index in [1.54, 1.807) is 6.07 Å². The summed E-state index contributed by atoms with van der Waals surface area (Å²) in [4.78, 5) is 13.9. The summed E-state index contributed by atoms with van der Waals surface area (Å²) in [7, 11) is 3.07. The van der Waals surface area contributed by atoms with Gasteiger partial charge in [0.2, 0.25) is 5.78 Å². The summed E-state index contributed by atoms with van der Waals surface area (Å²) < 4.78 is 23.7. The number of rotatable bonds is 2. The first-order valence-electron chi connectivity index (χ1n) is 10.5. The van der Waals surface area contributed by atoms with Gasteiger partial charge in [0.15, 0.2) is 11.4 Å². The first kappa shape index (κ1) is 21.4. The minimum atomic E-state index is -1.03. The molecule has 3 aliphatic rings. The minimum Gasteiger partial charge on any atom is -0.496 e. The van der Waals surface area contributed by atoms with Gasteiger partial charge in [0.25, 0.3) is 0 Å². The van der Waals surface area contributed by atoms with Crippen molar-refractivity contribution in [2.45, 2.75) is 66.1 Å². The molecule has 0 aromatic heterocycles. The zero-order valence-corrected chi connectivity index (χ0v) is 19.8. The lowest BCUT2D eigenvalue weighted by molar-refractivity contribution is -0.0836. The van der Waals surface area contributed by atoms with Crippen molar-refractivity contribution in [3.63, 3.8) is 0 Å². The van der Waals surface area contributed by atoms with Gasteiger partial charge in [-0.25, -0.2) is 0 Å². The molecule has 4 rings (SSSR count). The van der Waals surface area contributed by atoms with Gasteiger partial charge < -0.3 is 18.9 Å². The first-order valence-corrected chi connectivity index (χ1v) is 10.9. The number of Topliss-reactive ketones (excluding diaryl/α,β-unsaturated/α-hetero) is 1. The molecule has 1 aliphatic carbocycles. The van der Waals surface area contributed by atoms with Crippen molar-refractivity contribution in [3.8, 4) is 17.2 Å². The molecule has 2 aliphatic heterocycles. The number of methoxy groups -OCH3 is 2. The number of carbonyl (C=O) groups excluding carboxylic acids is 1. The molecule has 1 aromatic rings. The minimum absolute atomic E-state index is 0.0767. The number of hydrogen-bond acceptors (Lipinski definition) is 5. The number of ketones is 1. The second kappa shape index (κ2) is 6.56. The highest BCUT2D eigenvalue weighted by molar-refractivity contribution is 6.35. The standard InChI is InChI=1S/C24H31ClO5/c1-12-9-15-14(23(5,6)22(3,4)13(2)29-15)11-24(12)21(26)18-16(27-7)10-17(28-8)19(25)20(18)30-24/h10,12-13H,9,11H2,1-8H3/t12-,13?,24-/m1/s1. The Morgan fingerprint density at radius 2 is 1.73 bits per heavy atom. The van der Waals surface area contributed by atoms with E-state index in [-0.39, 0.29) is 28.6 Å². The van der Waals surface area contributed by atoms with E-state index < -0.39 is 5.60 Å². The maximum absolute atomic E-state index is 13.9. The van der Waals surface area contributed by atoms with Gasteiger partial charge >= 0.3 is 0 Å². The molecule has 164 valence electrons. The predicted octanol–water partition coefficient (Wildman–Crippen LogP) is 5.83. The largest absolute Gasteiger partial charge is 0.496 e. The van der Waals surface area contributed by atoms with E-state index >= 15 is 0 Å². The fourth-order valence-electron chi connectivity index (χ4n) is 5.14. The van der Waals surface area contributed by atoms with Crippen LogP contribution in [-0.4, -0.2) is 31.7 Å². The van der Waals surface area contributed by atoms with E-state index in [0.29, 0.717) is 40.7 Å². The van der Waals surface area contributed by atoms with Crippen LogP contribution in [0.5, 0.6) is 17.2 Å². The zero-order chi connectivity index (χ0) is 22.2. The van der Waals surface area contributed by atoms with Gasteiger partial charge in [0.1, 0.15) is 28.2 Å². The monoisotopic (exact) mass is 434 g/mol. The van der Waals surface area contributed by atoms with E-state index in [1.807, 2.05) is 6.92 Å². The third kappa shape index (κ3) is 2.50. The Balaban J connectivity index is 1.85. The fourth-order valence-corrected chi connectivity index (χ4v) is 5.40. The molecular weight excluding hydrogens is 404 g/mol. The smallest absolute Gasteiger partial charge is 0.214 e. The van der Waals surface area contributed by atoms with E-state index in [1.165, 1.54) is 14.2 Å². The van der Waals surface area contributed by atoms with Gasteiger partial charge in [-0.2, -0.15) is 0 Å². The second-order valence-corrected chi connectivity index (χ2v) is 10.3. The maximum Gasteiger partial charge on any atom is 0.214 e. The summed E-state index contributed by atoms with van der Waals surface area (Å²) in [6, 6.07) is 1.65. The quantitative estimate of drug-likeness (QED) is 0.586. The number of fused-ring (bicyclic) bond motifs is 1. The van der Waals surface area contributed by atoms with Crippen molar-refractivity contribution < 1.29 is 23.7 Å². The molecule has 30 heavy (non-hydrogen) atoms. The maximum atomic E-state index is 13.9. The Morgan fingerprint density at radius 3 is 2.33 bits per heavy atom. The lowest BCUT2D eigenvalue weighted by Gasteiger charge is -2.55. The van der Waals surface area contributed by atoms with Crippen LogP contribution in [0.15, 0.2) is 17.4 Å². The molecule has 5 nitrogen and oxygen atoms in total. The molecule has 0 saturated carbocycles. The lowest BCUT2D eigenvalue weighted by Crippen LogP contribution is -2.55. The van der Waals surface area contributed by atoms with E-state index in [2.05, 4.69) is 34.6 Å². The molecule has 6 heteroatoms. The van der Waals surface area contributed by atoms with Crippen LogP contribution in [0.1, 0.15) is 64.7 Å². The van der Waals surface area contributed by atoms with Crippen molar-refractivity contribution >= 4 is 17.4 Å². The lowest BCUT2D eigenvalue weighted by atomic mass is 9.55. The van der Waals surface area contributed by atoms with Crippen molar-refractivity contribution in [1.82, 2.24) is 0 Å². The van der Waals surface area contributed by atoms with Crippen LogP contribution in [0, 0.1) is 16.7 Å². The number of allylic oxidation sites excluding steroid dienone is 1. The normalized spacial score (nSPS) is 31.0. The molecule has 0 N–H and O–H groups in total. The SMILES string of the molecule is COc1cc(OC)c2c(c1Cl)O[C@@]1(CC3=C(C[C@H]1C)OC(C)C(C)(C)C3(C)C)C2=O. The second-order valence-electron chi connectivity index (χ2n) is 9.91.